The van der Waals surface area contributed by atoms with Crippen LogP contribution in [0.25, 0.3) is 0 Å². The first kappa shape index (κ1) is 19.5. The van der Waals surface area contributed by atoms with Crippen molar-refractivity contribution >= 4 is 24.2 Å². The average Bonchev–Trinajstić information content (AvgIpc) is 2.34. The monoisotopic (exact) mass is 279 g/mol. The van der Waals surface area contributed by atoms with Crippen LogP contribution in [0.2, 0.25) is 0 Å². The maximum atomic E-state index is 12.0. The molecule has 0 aromatic carbocycles. The molecule has 0 spiro atoms. The smallest absolute Gasteiger partial charge is 0.239 e. The summed E-state index contributed by atoms with van der Waals surface area (Å²) in [4.78, 5) is 24.8. The molecule has 3 atom stereocenters. The van der Waals surface area contributed by atoms with Crippen molar-refractivity contribution in [1.29, 1.82) is 0 Å². The number of carbonyl (C=O) groups excluding carboxylic acids is 2. The lowest BCUT2D eigenvalue weighted by Gasteiger charge is -2.26. The molecule has 0 aliphatic heterocycles. The molecule has 0 aromatic rings. The summed E-state index contributed by atoms with van der Waals surface area (Å²) in [7, 11) is 3.27. The van der Waals surface area contributed by atoms with E-state index in [4.69, 9.17) is 5.73 Å². The number of nitrogens with one attached hydrogen (secondary N) is 1. The lowest BCUT2D eigenvalue weighted by Crippen LogP contribution is -2.47. The zero-order valence-corrected chi connectivity index (χ0v) is 12.7. The van der Waals surface area contributed by atoms with Gasteiger partial charge in [-0.15, -0.1) is 12.4 Å². The summed E-state index contributed by atoms with van der Waals surface area (Å²) in [6.07, 6.45) is 0.867. The van der Waals surface area contributed by atoms with E-state index in [0.717, 1.165) is 6.42 Å². The number of likely N-dealkylation sites (N-methyl/N-ethyl adjacent to an activating group) is 1. The van der Waals surface area contributed by atoms with Gasteiger partial charge in [-0.25, -0.2) is 0 Å². The molecular weight excluding hydrogens is 254 g/mol. The minimum atomic E-state index is -0.484. The van der Waals surface area contributed by atoms with Crippen LogP contribution in [-0.2, 0) is 9.59 Å². The largest absolute Gasteiger partial charge is 0.359 e. The van der Waals surface area contributed by atoms with Crippen LogP contribution in [0, 0.1) is 11.8 Å². The number of hydrogen-bond donors (Lipinski definition) is 2. The first-order valence-electron chi connectivity index (χ1n) is 6.07. The van der Waals surface area contributed by atoms with Gasteiger partial charge in [-0.05, 0) is 5.92 Å². The van der Waals surface area contributed by atoms with E-state index in [0.29, 0.717) is 6.54 Å². The second-order valence-electron chi connectivity index (χ2n) is 4.65. The number of amides is 2. The molecule has 18 heavy (non-hydrogen) atoms. The standard InChI is InChI=1S/C12H25N3O2.ClH/c1-6-8(2)10(13)12(17)15(5)7-9(3)11(16)14-4;/h8-10H,6-7,13H2,1-5H3,(H,14,16);1H. The summed E-state index contributed by atoms with van der Waals surface area (Å²) in [5, 5.41) is 2.56. The molecule has 6 heteroatoms. The van der Waals surface area contributed by atoms with Crippen LogP contribution >= 0.6 is 12.4 Å². The van der Waals surface area contributed by atoms with E-state index in [-0.39, 0.29) is 36.1 Å². The Morgan fingerprint density at radius 2 is 1.83 bits per heavy atom. The average molecular weight is 280 g/mol. The lowest BCUT2D eigenvalue weighted by atomic mass is 9.98. The predicted molar refractivity (Wildman–Crippen MR) is 75.5 cm³/mol. The van der Waals surface area contributed by atoms with Crippen LogP contribution in [0.15, 0.2) is 0 Å². The third-order valence-corrected chi connectivity index (χ3v) is 3.16. The fraction of sp³-hybridized carbons (Fsp3) is 0.833. The first-order chi connectivity index (χ1) is 7.84. The number of nitrogens with zero attached hydrogens (tertiary/aromatic N) is 1. The van der Waals surface area contributed by atoms with E-state index >= 15 is 0 Å². The summed E-state index contributed by atoms with van der Waals surface area (Å²) in [5.41, 5.74) is 5.86. The van der Waals surface area contributed by atoms with E-state index in [1.54, 1.807) is 21.0 Å². The normalized spacial score (nSPS) is 15.0. The quantitative estimate of drug-likeness (QED) is 0.748. The van der Waals surface area contributed by atoms with E-state index < -0.39 is 6.04 Å². The van der Waals surface area contributed by atoms with Gasteiger partial charge in [0.1, 0.15) is 0 Å². The fourth-order valence-corrected chi connectivity index (χ4v) is 1.58. The number of nitrogens with two attached hydrogens (primary N) is 1. The van der Waals surface area contributed by atoms with E-state index in [1.165, 1.54) is 4.90 Å². The summed E-state index contributed by atoms with van der Waals surface area (Å²) < 4.78 is 0. The Hall–Kier alpha value is -0.810. The third kappa shape index (κ3) is 5.69. The van der Waals surface area contributed by atoms with Crippen molar-refractivity contribution in [2.45, 2.75) is 33.2 Å². The third-order valence-electron chi connectivity index (χ3n) is 3.16. The van der Waals surface area contributed by atoms with Crippen LogP contribution in [0.3, 0.4) is 0 Å². The highest BCUT2D eigenvalue weighted by atomic mass is 35.5. The zero-order valence-electron chi connectivity index (χ0n) is 11.9. The van der Waals surface area contributed by atoms with Gasteiger partial charge in [-0.1, -0.05) is 27.2 Å². The highest BCUT2D eigenvalue weighted by molar-refractivity contribution is 5.85. The predicted octanol–water partition coefficient (Wildman–Crippen LogP) is 0.622. The molecular formula is C12H26ClN3O2. The Kier molecular flexibility index (Phi) is 9.94. The molecule has 0 heterocycles. The Morgan fingerprint density at radius 1 is 1.33 bits per heavy atom. The minimum Gasteiger partial charge on any atom is -0.359 e. The second kappa shape index (κ2) is 9.16. The van der Waals surface area contributed by atoms with Crippen LogP contribution in [0.5, 0.6) is 0 Å². The van der Waals surface area contributed by atoms with E-state index in [2.05, 4.69) is 5.32 Å². The van der Waals surface area contributed by atoms with Crippen molar-refractivity contribution < 1.29 is 9.59 Å². The molecule has 0 rings (SSSR count). The van der Waals surface area contributed by atoms with Gasteiger partial charge < -0.3 is 16.0 Å². The van der Waals surface area contributed by atoms with Crippen LogP contribution in [0.4, 0.5) is 0 Å². The van der Waals surface area contributed by atoms with Gasteiger partial charge >= 0.3 is 0 Å². The maximum absolute atomic E-state index is 12.0. The highest BCUT2D eigenvalue weighted by Gasteiger charge is 2.24. The minimum absolute atomic E-state index is 0. The molecule has 3 unspecified atom stereocenters. The molecule has 0 fully saturated rings. The van der Waals surface area contributed by atoms with Gasteiger partial charge in [0.05, 0.1) is 12.0 Å². The maximum Gasteiger partial charge on any atom is 0.239 e. The van der Waals surface area contributed by atoms with Crippen molar-refractivity contribution in [2.24, 2.45) is 17.6 Å². The van der Waals surface area contributed by atoms with Crippen molar-refractivity contribution in [3.63, 3.8) is 0 Å². The van der Waals surface area contributed by atoms with Crippen molar-refractivity contribution in [3.8, 4) is 0 Å². The SMILES string of the molecule is CCC(C)C(N)C(=O)N(C)CC(C)C(=O)NC.Cl. The Labute approximate surface area is 116 Å². The summed E-state index contributed by atoms with van der Waals surface area (Å²) >= 11 is 0. The van der Waals surface area contributed by atoms with Crippen LogP contribution in [-0.4, -0.2) is 43.4 Å². The molecule has 0 bridgehead atoms. The number of rotatable bonds is 6. The molecule has 3 N–H and O–H groups in total. The van der Waals surface area contributed by atoms with Crippen molar-refractivity contribution in [2.75, 3.05) is 20.6 Å². The molecule has 0 saturated carbocycles. The second-order valence-corrected chi connectivity index (χ2v) is 4.65. The van der Waals surface area contributed by atoms with Crippen LogP contribution < -0.4 is 11.1 Å². The Balaban J connectivity index is 0. The Morgan fingerprint density at radius 3 is 2.22 bits per heavy atom. The number of hydrogen-bond acceptors (Lipinski definition) is 3. The lowest BCUT2D eigenvalue weighted by molar-refractivity contribution is -0.134. The highest BCUT2D eigenvalue weighted by Crippen LogP contribution is 2.09. The van der Waals surface area contributed by atoms with Gasteiger partial charge in [0.15, 0.2) is 0 Å². The van der Waals surface area contributed by atoms with Gasteiger partial charge in [-0.2, -0.15) is 0 Å². The fourth-order valence-electron chi connectivity index (χ4n) is 1.58. The molecule has 0 radical (unpaired) electrons. The molecule has 0 aliphatic rings. The number of carbonyl (C=O) groups is 2. The molecule has 5 nitrogen and oxygen atoms in total. The van der Waals surface area contributed by atoms with E-state index in [1.807, 2.05) is 13.8 Å². The van der Waals surface area contributed by atoms with Gasteiger partial charge in [0, 0.05) is 20.6 Å². The van der Waals surface area contributed by atoms with Crippen LogP contribution in [0.1, 0.15) is 27.2 Å². The Bertz CT molecular complexity index is 274. The molecule has 2 amide bonds. The van der Waals surface area contributed by atoms with Crippen molar-refractivity contribution in [1.82, 2.24) is 10.2 Å². The van der Waals surface area contributed by atoms with Gasteiger partial charge in [0.25, 0.3) is 0 Å². The van der Waals surface area contributed by atoms with Gasteiger partial charge in [0.2, 0.25) is 11.8 Å². The topological polar surface area (TPSA) is 75.4 Å². The summed E-state index contributed by atoms with van der Waals surface area (Å²) in [6, 6.07) is -0.484. The number of halogens is 1. The first-order valence-corrected chi connectivity index (χ1v) is 6.07. The molecule has 0 aromatic heterocycles. The summed E-state index contributed by atoms with van der Waals surface area (Å²) in [6.45, 7) is 6.14. The van der Waals surface area contributed by atoms with Gasteiger partial charge in [-0.3, -0.25) is 9.59 Å². The van der Waals surface area contributed by atoms with Crippen molar-refractivity contribution in [3.05, 3.63) is 0 Å². The molecule has 0 aliphatic carbocycles. The molecule has 108 valence electrons. The van der Waals surface area contributed by atoms with E-state index in [9.17, 15) is 9.59 Å². The zero-order chi connectivity index (χ0) is 13.6. The molecule has 0 saturated heterocycles. The summed E-state index contributed by atoms with van der Waals surface area (Å²) in [5.74, 6) is -0.241.